The summed E-state index contributed by atoms with van der Waals surface area (Å²) < 4.78 is 13.9. The van der Waals surface area contributed by atoms with Gasteiger partial charge in [-0.2, -0.15) is 4.99 Å². The van der Waals surface area contributed by atoms with Crippen LogP contribution in [0.4, 0.5) is 5.69 Å². The van der Waals surface area contributed by atoms with Crippen molar-refractivity contribution in [2.24, 2.45) is 4.99 Å². The average Bonchev–Trinajstić information content (AvgIpc) is 3.05. The summed E-state index contributed by atoms with van der Waals surface area (Å²) in [4.78, 5) is 28.3. The standard InChI is InChI=1S/C21H23N3O5S/c1-4-28-11-10-23-17-9-8-16(29-5-2)13-19(17)30-21(23)22-20(25)15-7-6-14(3)18(12-15)24(26)27/h6-9,12-13H,4-5,10-11H2,1-3H3. The fourth-order valence-electron chi connectivity index (χ4n) is 3.00. The summed E-state index contributed by atoms with van der Waals surface area (Å²) in [5, 5.41) is 11.2. The van der Waals surface area contributed by atoms with E-state index in [9.17, 15) is 14.9 Å². The van der Waals surface area contributed by atoms with Crippen LogP contribution in [-0.2, 0) is 11.3 Å². The number of nitro benzene ring substituents is 1. The molecule has 158 valence electrons. The van der Waals surface area contributed by atoms with Crippen LogP contribution < -0.4 is 9.54 Å². The van der Waals surface area contributed by atoms with E-state index in [1.807, 2.05) is 36.6 Å². The molecule has 0 saturated heterocycles. The summed E-state index contributed by atoms with van der Waals surface area (Å²) >= 11 is 1.36. The van der Waals surface area contributed by atoms with Crippen LogP contribution in [0.5, 0.6) is 5.75 Å². The maximum absolute atomic E-state index is 12.8. The molecule has 1 heterocycles. The third-order valence-electron chi connectivity index (χ3n) is 4.48. The molecular formula is C21H23N3O5S. The molecule has 9 heteroatoms. The summed E-state index contributed by atoms with van der Waals surface area (Å²) in [6, 6.07) is 10.1. The number of carbonyl (C=O) groups excluding carboxylic acids is 1. The predicted octanol–water partition coefficient (Wildman–Crippen LogP) is 4.10. The predicted molar refractivity (Wildman–Crippen MR) is 115 cm³/mol. The second-order valence-corrected chi connectivity index (χ2v) is 7.48. The number of ether oxygens (including phenoxy) is 2. The van der Waals surface area contributed by atoms with Gasteiger partial charge in [0.25, 0.3) is 11.6 Å². The second-order valence-electron chi connectivity index (χ2n) is 6.47. The smallest absolute Gasteiger partial charge is 0.279 e. The van der Waals surface area contributed by atoms with E-state index < -0.39 is 10.8 Å². The van der Waals surface area contributed by atoms with Crippen molar-refractivity contribution in [3.05, 3.63) is 62.4 Å². The van der Waals surface area contributed by atoms with E-state index in [-0.39, 0.29) is 11.3 Å². The van der Waals surface area contributed by atoms with Crippen molar-refractivity contribution in [3.63, 3.8) is 0 Å². The van der Waals surface area contributed by atoms with E-state index >= 15 is 0 Å². The van der Waals surface area contributed by atoms with E-state index in [0.717, 1.165) is 16.0 Å². The number of aryl methyl sites for hydroxylation is 1. The lowest BCUT2D eigenvalue weighted by atomic mass is 10.1. The zero-order chi connectivity index (χ0) is 21.7. The third-order valence-corrected chi connectivity index (χ3v) is 5.52. The van der Waals surface area contributed by atoms with Crippen LogP contribution >= 0.6 is 11.3 Å². The molecule has 0 saturated carbocycles. The van der Waals surface area contributed by atoms with Gasteiger partial charge in [-0.05, 0) is 45.0 Å². The van der Waals surface area contributed by atoms with Crippen LogP contribution in [0.15, 0.2) is 41.4 Å². The third kappa shape index (κ3) is 4.74. The number of fused-ring (bicyclic) bond motifs is 1. The number of nitro groups is 1. The highest BCUT2D eigenvalue weighted by Gasteiger charge is 2.16. The summed E-state index contributed by atoms with van der Waals surface area (Å²) in [5.74, 6) is 0.218. The van der Waals surface area contributed by atoms with Crippen molar-refractivity contribution in [2.45, 2.75) is 27.3 Å². The first-order valence-corrected chi connectivity index (χ1v) is 10.4. The Morgan fingerprint density at radius 2 is 2.00 bits per heavy atom. The summed E-state index contributed by atoms with van der Waals surface area (Å²) in [7, 11) is 0. The van der Waals surface area contributed by atoms with Crippen molar-refractivity contribution in [3.8, 4) is 5.75 Å². The highest BCUT2D eigenvalue weighted by molar-refractivity contribution is 7.16. The zero-order valence-electron chi connectivity index (χ0n) is 17.1. The topological polar surface area (TPSA) is 96.0 Å². The number of hydrogen-bond donors (Lipinski definition) is 0. The molecule has 30 heavy (non-hydrogen) atoms. The van der Waals surface area contributed by atoms with Crippen LogP contribution in [0.25, 0.3) is 10.2 Å². The molecule has 1 amide bonds. The molecule has 8 nitrogen and oxygen atoms in total. The molecule has 0 aliphatic carbocycles. The number of carbonyl (C=O) groups is 1. The van der Waals surface area contributed by atoms with Gasteiger partial charge in [-0.3, -0.25) is 14.9 Å². The van der Waals surface area contributed by atoms with E-state index in [0.29, 0.717) is 36.7 Å². The second kappa shape index (κ2) is 9.64. The molecule has 1 aromatic heterocycles. The zero-order valence-corrected chi connectivity index (χ0v) is 17.9. The van der Waals surface area contributed by atoms with Gasteiger partial charge in [-0.1, -0.05) is 17.4 Å². The number of amides is 1. The molecule has 0 spiro atoms. The quantitative estimate of drug-likeness (QED) is 0.305. The fraction of sp³-hybridized carbons (Fsp3) is 0.333. The van der Waals surface area contributed by atoms with E-state index in [2.05, 4.69) is 4.99 Å². The van der Waals surface area contributed by atoms with Crippen molar-refractivity contribution in [1.29, 1.82) is 0 Å². The number of hydrogen-bond acceptors (Lipinski definition) is 6. The van der Waals surface area contributed by atoms with Gasteiger partial charge in [-0.15, -0.1) is 0 Å². The number of benzene rings is 2. The van der Waals surface area contributed by atoms with Crippen LogP contribution in [0.1, 0.15) is 29.8 Å². The molecule has 0 N–H and O–H groups in total. The summed E-state index contributed by atoms with van der Waals surface area (Å²) in [6.07, 6.45) is 0. The Morgan fingerprint density at radius 3 is 2.70 bits per heavy atom. The van der Waals surface area contributed by atoms with E-state index in [1.165, 1.54) is 17.4 Å². The van der Waals surface area contributed by atoms with Gasteiger partial charge in [-0.25, -0.2) is 0 Å². The fourth-order valence-corrected chi connectivity index (χ4v) is 4.09. The normalized spacial score (nSPS) is 11.8. The monoisotopic (exact) mass is 429 g/mol. The molecule has 0 bridgehead atoms. The molecular weight excluding hydrogens is 406 g/mol. The van der Waals surface area contributed by atoms with E-state index in [1.54, 1.807) is 19.1 Å². The van der Waals surface area contributed by atoms with Gasteiger partial charge in [0.15, 0.2) is 4.80 Å². The minimum absolute atomic E-state index is 0.0991. The Morgan fingerprint density at radius 1 is 1.20 bits per heavy atom. The average molecular weight is 429 g/mol. The minimum atomic E-state index is -0.528. The Balaban J connectivity index is 2.07. The van der Waals surface area contributed by atoms with Gasteiger partial charge in [0.1, 0.15) is 5.75 Å². The molecule has 0 fully saturated rings. The lowest BCUT2D eigenvalue weighted by Gasteiger charge is -2.06. The first-order chi connectivity index (χ1) is 14.4. The SMILES string of the molecule is CCOCCn1c(=NC(=O)c2ccc(C)c([N+](=O)[O-])c2)sc2cc(OCC)ccc21. The Hall–Kier alpha value is -3.04. The maximum atomic E-state index is 12.8. The molecule has 2 aromatic carbocycles. The van der Waals surface area contributed by atoms with Gasteiger partial charge in [0.05, 0.1) is 28.4 Å². The van der Waals surface area contributed by atoms with Crippen LogP contribution in [0, 0.1) is 17.0 Å². The van der Waals surface area contributed by atoms with Gasteiger partial charge >= 0.3 is 0 Å². The molecule has 0 atom stereocenters. The lowest BCUT2D eigenvalue weighted by molar-refractivity contribution is -0.385. The first-order valence-electron chi connectivity index (χ1n) is 9.62. The van der Waals surface area contributed by atoms with Crippen molar-refractivity contribution in [2.75, 3.05) is 19.8 Å². The largest absolute Gasteiger partial charge is 0.494 e. The minimum Gasteiger partial charge on any atom is -0.494 e. The molecule has 0 radical (unpaired) electrons. The maximum Gasteiger partial charge on any atom is 0.279 e. The number of nitrogens with zero attached hydrogens (tertiary/aromatic N) is 3. The van der Waals surface area contributed by atoms with Gasteiger partial charge in [0, 0.05) is 30.3 Å². The highest BCUT2D eigenvalue weighted by Crippen LogP contribution is 2.24. The van der Waals surface area contributed by atoms with E-state index in [4.69, 9.17) is 9.47 Å². The molecule has 0 aliphatic heterocycles. The van der Waals surface area contributed by atoms with Crippen molar-refractivity contribution in [1.82, 2.24) is 4.57 Å². The van der Waals surface area contributed by atoms with Crippen LogP contribution in [0.3, 0.4) is 0 Å². The van der Waals surface area contributed by atoms with Crippen molar-refractivity contribution >= 4 is 33.1 Å². The summed E-state index contributed by atoms with van der Waals surface area (Å²) in [5.41, 5.74) is 1.49. The Kier molecular flexibility index (Phi) is 6.96. The first kappa shape index (κ1) is 21.7. The van der Waals surface area contributed by atoms with Gasteiger partial charge in [0.2, 0.25) is 0 Å². The molecule has 0 unspecified atom stereocenters. The number of thiazole rings is 1. The Labute approximate surface area is 177 Å². The van der Waals surface area contributed by atoms with Gasteiger partial charge < -0.3 is 14.0 Å². The van der Waals surface area contributed by atoms with Crippen LogP contribution in [0.2, 0.25) is 0 Å². The summed E-state index contributed by atoms with van der Waals surface area (Å²) in [6.45, 7) is 7.63. The van der Waals surface area contributed by atoms with Crippen molar-refractivity contribution < 1.29 is 19.2 Å². The van der Waals surface area contributed by atoms with Crippen LogP contribution in [-0.4, -0.2) is 35.2 Å². The molecule has 3 aromatic rings. The Bertz CT molecular complexity index is 1150. The lowest BCUT2D eigenvalue weighted by Crippen LogP contribution is -2.19. The number of rotatable bonds is 8. The highest BCUT2D eigenvalue weighted by atomic mass is 32.1. The molecule has 3 rings (SSSR count). The number of aromatic nitrogens is 1. The molecule has 0 aliphatic rings.